The third-order valence-corrected chi connectivity index (χ3v) is 7.62. The number of piperazine rings is 1. The normalized spacial score (nSPS) is 17.5. The van der Waals surface area contributed by atoms with Gasteiger partial charge in [-0.3, -0.25) is 9.69 Å². The zero-order valence-electron chi connectivity index (χ0n) is 22.5. The van der Waals surface area contributed by atoms with E-state index in [1.165, 1.54) is 0 Å². The Hall–Kier alpha value is -4.21. The Kier molecular flexibility index (Phi) is 7.23. The fourth-order valence-corrected chi connectivity index (χ4v) is 5.19. The molecule has 206 valence electrons. The van der Waals surface area contributed by atoms with Gasteiger partial charge in [0.15, 0.2) is 0 Å². The van der Waals surface area contributed by atoms with Crippen LogP contribution in [0.3, 0.4) is 0 Å². The quantitative estimate of drug-likeness (QED) is 0.349. The van der Waals surface area contributed by atoms with Crippen LogP contribution in [0.5, 0.6) is 11.5 Å². The van der Waals surface area contributed by atoms with Crippen LogP contribution >= 0.6 is 0 Å². The zero-order valence-corrected chi connectivity index (χ0v) is 22.5. The van der Waals surface area contributed by atoms with Gasteiger partial charge in [-0.1, -0.05) is 23.8 Å². The predicted octanol–water partition coefficient (Wildman–Crippen LogP) is 4.58. The molecule has 1 atom stereocenters. The number of ether oxygens (including phenoxy) is 2. The van der Waals surface area contributed by atoms with E-state index < -0.39 is 5.97 Å². The first-order chi connectivity index (χ1) is 19.4. The van der Waals surface area contributed by atoms with E-state index in [9.17, 15) is 14.7 Å². The lowest BCUT2D eigenvalue weighted by molar-refractivity contribution is -0.0592. The number of carboxylic acid groups (broad SMARTS) is 1. The number of aromatic carboxylic acids is 1. The van der Waals surface area contributed by atoms with Crippen LogP contribution in [0.4, 0.5) is 0 Å². The molecule has 0 bridgehead atoms. The Labute approximate surface area is 232 Å². The van der Waals surface area contributed by atoms with Crippen LogP contribution in [0.2, 0.25) is 0 Å². The largest absolute Gasteiger partial charge is 0.478 e. The van der Waals surface area contributed by atoms with E-state index in [0.29, 0.717) is 37.5 Å². The van der Waals surface area contributed by atoms with Gasteiger partial charge in [0, 0.05) is 38.3 Å². The molecule has 9 heteroatoms. The zero-order chi connectivity index (χ0) is 27.6. The van der Waals surface area contributed by atoms with Crippen molar-refractivity contribution in [3.63, 3.8) is 0 Å². The maximum atomic E-state index is 13.3. The topological polar surface area (TPSA) is 97.1 Å². The molecule has 0 spiro atoms. The van der Waals surface area contributed by atoms with E-state index >= 15 is 0 Å². The Morgan fingerprint density at radius 3 is 2.45 bits per heavy atom. The molecule has 2 aliphatic rings. The molecule has 40 heavy (non-hydrogen) atoms. The summed E-state index contributed by atoms with van der Waals surface area (Å²) >= 11 is 0. The molecule has 0 aliphatic carbocycles. The van der Waals surface area contributed by atoms with Gasteiger partial charge in [-0.2, -0.15) is 0 Å². The van der Waals surface area contributed by atoms with Crippen LogP contribution in [0.25, 0.3) is 11.0 Å². The highest BCUT2D eigenvalue weighted by Crippen LogP contribution is 2.25. The number of hydrogen-bond acceptors (Lipinski definition) is 6. The van der Waals surface area contributed by atoms with Crippen LogP contribution in [-0.4, -0.2) is 75.2 Å². The van der Waals surface area contributed by atoms with Crippen molar-refractivity contribution in [2.45, 2.75) is 32.5 Å². The molecule has 2 fully saturated rings. The van der Waals surface area contributed by atoms with Crippen molar-refractivity contribution in [1.29, 1.82) is 0 Å². The van der Waals surface area contributed by atoms with Crippen molar-refractivity contribution in [3.05, 3.63) is 89.2 Å². The first kappa shape index (κ1) is 26.0. The minimum atomic E-state index is -0.955. The number of aryl methyl sites for hydroxylation is 1. The molecule has 0 radical (unpaired) electrons. The highest BCUT2D eigenvalue weighted by atomic mass is 16.5. The molecule has 0 unspecified atom stereocenters. The Bertz CT molecular complexity index is 1540. The monoisotopic (exact) mass is 540 g/mol. The van der Waals surface area contributed by atoms with Crippen molar-refractivity contribution >= 4 is 22.9 Å². The van der Waals surface area contributed by atoms with Gasteiger partial charge in [-0.25, -0.2) is 9.78 Å². The van der Waals surface area contributed by atoms with Crippen molar-refractivity contribution in [1.82, 2.24) is 19.4 Å². The van der Waals surface area contributed by atoms with E-state index in [0.717, 1.165) is 54.3 Å². The van der Waals surface area contributed by atoms with Gasteiger partial charge in [0.1, 0.15) is 17.3 Å². The minimum absolute atomic E-state index is 0.00965. The van der Waals surface area contributed by atoms with Crippen molar-refractivity contribution in [2.75, 3.05) is 32.8 Å². The number of rotatable bonds is 8. The second-order valence-corrected chi connectivity index (χ2v) is 10.4. The summed E-state index contributed by atoms with van der Waals surface area (Å²) in [6.07, 6.45) is 1.10. The number of aromatic nitrogens is 2. The number of fused-ring (bicyclic) bond motifs is 1. The lowest BCUT2D eigenvalue weighted by Crippen LogP contribution is -2.48. The van der Waals surface area contributed by atoms with Gasteiger partial charge in [-0.05, 0) is 61.9 Å². The highest BCUT2D eigenvalue weighted by Gasteiger charge is 2.26. The molecule has 3 aromatic carbocycles. The summed E-state index contributed by atoms with van der Waals surface area (Å²) in [6.45, 7) is 6.70. The Morgan fingerprint density at radius 1 is 0.975 bits per heavy atom. The molecule has 2 saturated heterocycles. The SMILES string of the molecule is Cc1ccc(Oc2cccc(C(=O)N3CCN(Cc4nc5ccc(C(=O)O)cc5n4C[C@@H]4CCO4)CC3)c2)cc1. The fraction of sp³-hybridized carbons (Fsp3) is 0.323. The maximum absolute atomic E-state index is 13.3. The van der Waals surface area contributed by atoms with E-state index in [2.05, 4.69) is 9.47 Å². The number of carbonyl (C=O) groups excluding carboxylic acids is 1. The number of carboxylic acids is 1. The summed E-state index contributed by atoms with van der Waals surface area (Å²) in [5.41, 5.74) is 3.60. The third-order valence-electron chi connectivity index (χ3n) is 7.62. The summed E-state index contributed by atoms with van der Waals surface area (Å²) in [6, 6.07) is 20.2. The minimum Gasteiger partial charge on any atom is -0.478 e. The summed E-state index contributed by atoms with van der Waals surface area (Å²) in [5, 5.41) is 9.48. The molecular formula is C31H32N4O5. The lowest BCUT2D eigenvalue weighted by Gasteiger charge is -2.35. The van der Waals surface area contributed by atoms with Crippen molar-refractivity contribution in [3.8, 4) is 11.5 Å². The van der Waals surface area contributed by atoms with E-state index in [-0.39, 0.29) is 17.6 Å². The fourth-order valence-electron chi connectivity index (χ4n) is 5.19. The summed E-state index contributed by atoms with van der Waals surface area (Å²) in [4.78, 5) is 33.9. The summed E-state index contributed by atoms with van der Waals surface area (Å²) in [7, 11) is 0. The first-order valence-electron chi connectivity index (χ1n) is 13.6. The molecule has 3 heterocycles. The molecular weight excluding hydrogens is 508 g/mol. The van der Waals surface area contributed by atoms with Crippen LogP contribution in [-0.2, 0) is 17.8 Å². The molecule has 2 aliphatic heterocycles. The average molecular weight is 541 g/mol. The van der Waals surface area contributed by atoms with Gasteiger partial charge in [0.2, 0.25) is 0 Å². The van der Waals surface area contributed by atoms with E-state index in [4.69, 9.17) is 14.5 Å². The van der Waals surface area contributed by atoms with Gasteiger partial charge in [0.05, 0.1) is 35.8 Å². The number of hydrogen-bond donors (Lipinski definition) is 1. The van der Waals surface area contributed by atoms with Crippen LogP contribution in [0.15, 0.2) is 66.7 Å². The number of amides is 1. The molecule has 0 saturated carbocycles. The van der Waals surface area contributed by atoms with Gasteiger partial charge in [-0.15, -0.1) is 0 Å². The maximum Gasteiger partial charge on any atom is 0.335 e. The van der Waals surface area contributed by atoms with Gasteiger partial charge >= 0.3 is 5.97 Å². The number of benzene rings is 3. The summed E-state index contributed by atoms with van der Waals surface area (Å²) in [5.74, 6) is 1.29. The third kappa shape index (κ3) is 5.57. The standard InChI is InChI=1S/C31H32N4O5/c1-21-5-8-24(9-6-21)40-25-4-2-3-22(17-25)30(36)34-14-12-33(13-15-34)20-29-32-27-10-7-23(31(37)38)18-28(27)35(29)19-26-11-16-39-26/h2-10,17-18,26H,11-16,19-20H2,1H3,(H,37,38)/t26-/m0/s1. The average Bonchev–Trinajstić information content (AvgIpc) is 3.28. The van der Waals surface area contributed by atoms with Gasteiger partial charge < -0.3 is 24.0 Å². The smallest absolute Gasteiger partial charge is 0.335 e. The number of carbonyl (C=O) groups is 2. The van der Waals surface area contributed by atoms with Crippen molar-refractivity contribution < 1.29 is 24.2 Å². The molecule has 9 nitrogen and oxygen atoms in total. The Morgan fingerprint density at radius 2 is 1.75 bits per heavy atom. The molecule has 6 rings (SSSR count). The lowest BCUT2D eigenvalue weighted by atomic mass is 10.1. The van der Waals surface area contributed by atoms with E-state index in [1.54, 1.807) is 24.3 Å². The number of nitrogens with zero attached hydrogens (tertiary/aromatic N) is 4. The van der Waals surface area contributed by atoms with Crippen LogP contribution < -0.4 is 4.74 Å². The molecule has 1 amide bonds. The highest BCUT2D eigenvalue weighted by molar-refractivity contribution is 5.95. The molecule has 1 aromatic heterocycles. The van der Waals surface area contributed by atoms with Crippen molar-refractivity contribution in [2.24, 2.45) is 0 Å². The second kappa shape index (κ2) is 11.1. The van der Waals surface area contributed by atoms with Crippen LogP contribution in [0.1, 0.15) is 38.5 Å². The second-order valence-electron chi connectivity index (χ2n) is 10.4. The molecule has 1 N–H and O–H groups in total. The van der Waals surface area contributed by atoms with Gasteiger partial charge in [0.25, 0.3) is 5.91 Å². The molecule has 4 aromatic rings. The predicted molar refractivity (Wildman–Crippen MR) is 150 cm³/mol. The number of imidazole rings is 1. The first-order valence-corrected chi connectivity index (χ1v) is 13.6. The summed E-state index contributed by atoms with van der Waals surface area (Å²) < 4.78 is 13.7. The van der Waals surface area contributed by atoms with Crippen LogP contribution in [0, 0.1) is 6.92 Å². The Balaban J connectivity index is 1.12. The van der Waals surface area contributed by atoms with E-state index in [1.807, 2.05) is 54.3 Å².